The van der Waals surface area contributed by atoms with Gasteiger partial charge in [-0.15, -0.1) is 5.10 Å². The second-order valence-corrected chi connectivity index (χ2v) is 8.78. The Morgan fingerprint density at radius 3 is 2.48 bits per heavy atom. The molecule has 0 spiro atoms. The molecule has 1 aliphatic rings. The van der Waals surface area contributed by atoms with Crippen molar-refractivity contribution < 1.29 is 9.53 Å². The number of aromatic nitrogens is 4. The molecule has 9 heteroatoms. The van der Waals surface area contributed by atoms with Crippen LogP contribution in [-0.4, -0.2) is 57.0 Å². The molecular formula is C22H28N6O2S. The number of ether oxygens (including phenoxy) is 1. The number of amides is 1. The van der Waals surface area contributed by atoms with Gasteiger partial charge >= 0.3 is 0 Å². The average molecular weight is 441 g/mol. The number of aryl methyl sites for hydroxylation is 2. The maximum absolute atomic E-state index is 12.7. The van der Waals surface area contributed by atoms with Crippen LogP contribution < -0.4 is 10.2 Å². The molecule has 0 unspecified atom stereocenters. The summed E-state index contributed by atoms with van der Waals surface area (Å²) in [5.74, 6) is 0.477. The van der Waals surface area contributed by atoms with Crippen LogP contribution in [-0.2, 0) is 16.0 Å². The smallest absolute Gasteiger partial charge is 0.253 e. The molecule has 8 nitrogen and oxygen atoms in total. The minimum Gasteiger partial charge on any atom is -0.372 e. The first-order valence-electron chi connectivity index (χ1n) is 10.4. The van der Waals surface area contributed by atoms with Gasteiger partial charge in [0.2, 0.25) is 11.1 Å². The van der Waals surface area contributed by atoms with Crippen LogP contribution in [0.25, 0.3) is 5.78 Å². The molecule has 3 heterocycles. The highest BCUT2D eigenvalue weighted by Gasteiger charge is 2.22. The number of hydrogen-bond acceptors (Lipinski definition) is 7. The predicted octanol–water partition coefficient (Wildman–Crippen LogP) is 3.26. The van der Waals surface area contributed by atoms with Gasteiger partial charge in [0, 0.05) is 41.4 Å². The van der Waals surface area contributed by atoms with Crippen molar-refractivity contribution in [2.75, 3.05) is 29.6 Å². The van der Waals surface area contributed by atoms with Crippen molar-refractivity contribution in [2.24, 2.45) is 0 Å². The van der Waals surface area contributed by atoms with E-state index < -0.39 is 0 Å². The van der Waals surface area contributed by atoms with Crippen molar-refractivity contribution in [2.45, 2.75) is 51.5 Å². The van der Waals surface area contributed by atoms with E-state index in [4.69, 9.17) is 4.74 Å². The first-order chi connectivity index (χ1) is 14.8. The summed E-state index contributed by atoms with van der Waals surface area (Å²) in [4.78, 5) is 24.0. The zero-order chi connectivity index (χ0) is 22.1. The summed E-state index contributed by atoms with van der Waals surface area (Å²) in [7, 11) is 0. The highest BCUT2D eigenvalue weighted by atomic mass is 32.2. The maximum atomic E-state index is 12.7. The van der Waals surface area contributed by atoms with E-state index in [0.29, 0.717) is 10.9 Å². The summed E-state index contributed by atoms with van der Waals surface area (Å²) in [6.07, 6.45) is 2.57. The quantitative estimate of drug-likeness (QED) is 0.610. The fourth-order valence-electron chi connectivity index (χ4n) is 4.04. The molecular weight excluding hydrogens is 412 g/mol. The SMILES string of the molecule is CSc1nc2nc(C)c(CC(=O)Nc3ccc(N4C[C@H](C)O[C@@H](C)C4)cc3)c(C)n2n1. The van der Waals surface area contributed by atoms with Crippen LogP contribution in [0, 0.1) is 13.8 Å². The van der Waals surface area contributed by atoms with E-state index in [1.165, 1.54) is 11.8 Å². The Morgan fingerprint density at radius 2 is 1.84 bits per heavy atom. The maximum Gasteiger partial charge on any atom is 0.253 e. The van der Waals surface area contributed by atoms with Crippen LogP contribution in [0.5, 0.6) is 0 Å². The summed E-state index contributed by atoms with van der Waals surface area (Å²) in [6, 6.07) is 7.98. The Labute approximate surface area is 186 Å². The van der Waals surface area contributed by atoms with E-state index in [2.05, 4.69) is 39.1 Å². The third-order valence-corrected chi connectivity index (χ3v) is 6.02. The van der Waals surface area contributed by atoms with E-state index >= 15 is 0 Å². The van der Waals surface area contributed by atoms with Crippen molar-refractivity contribution in [1.82, 2.24) is 19.6 Å². The third kappa shape index (κ3) is 4.67. The molecule has 0 radical (unpaired) electrons. The molecule has 2 aromatic heterocycles. The number of rotatable bonds is 5. The minimum atomic E-state index is -0.0843. The third-order valence-electron chi connectivity index (χ3n) is 5.49. The molecule has 1 N–H and O–H groups in total. The number of nitrogens with zero attached hydrogens (tertiary/aromatic N) is 5. The number of benzene rings is 1. The molecule has 1 fully saturated rings. The van der Waals surface area contributed by atoms with Crippen LogP contribution in [0.2, 0.25) is 0 Å². The number of thioether (sulfide) groups is 1. The van der Waals surface area contributed by atoms with Gasteiger partial charge in [-0.05, 0) is 58.2 Å². The molecule has 1 amide bonds. The highest BCUT2D eigenvalue weighted by Crippen LogP contribution is 2.23. The van der Waals surface area contributed by atoms with E-state index in [-0.39, 0.29) is 24.5 Å². The summed E-state index contributed by atoms with van der Waals surface area (Å²) in [6.45, 7) is 9.77. The van der Waals surface area contributed by atoms with Gasteiger partial charge in [-0.25, -0.2) is 9.50 Å². The van der Waals surface area contributed by atoms with Crippen molar-refractivity contribution in [1.29, 1.82) is 0 Å². The highest BCUT2D eigenvalue weighted by molar-refractivity contribution is 7.98. The molecule has 1 aliphatic heterocycles. The molecule has 0 aliphatic carbocycles. The lowest BCUT2D eigenvalue weighted by molar-refractivity contribution is -0.115. The molecule has 1 saturated heterocycles. The Hall–Kier alpha value is -2.65. The number of carbonyl (C=O) groups is 1. The van der Waals surface area contributed by atoms with Crippen LogP contribution in [0.15, 0.2) is 29.4 Å². The van der Waals surface area contributed by atoms with Crippen molar-refractivity contribution in [3.63, 3.8) is 0 Å². The number of morpholine rings is 1. The number of fused-ring (bicyclic) bond motifs is 1. The van der Waals surface area contributed by atoms with E-state index in [1.54, 1.807) is 4.52 Å². The lowest BCUT2D eigenvalue weighted by Crippen LogP contribution is -2.45. The summed E-state index contributed by atoms with van der Waals surface area (Å²) in [5.41, 5.74) is 4.47. The van der Waals surface area contributed by atoms with Crippen LogP contribution in [0.4, 0.5) is 11.4 Å². The number of hydrogen-bond donors (Lipinski definition) is 1. The fraction of sp³-hybridized carbons (Fsp3) is 0.455. The molecule has 2 atom stereocenters. The first kappa shape index (κ1) is 21.6. The summed E-state index contributed by atoms with van der Waals surface area (Å²) < 4.78 is 7.52. The molecule has 164 valence electrons. The molecule has 0 bridgehead atoms. The van der Waals surface area contributed by atoms with Crippen molar-refractivity contribution in [3.8, 4) is 0 Å². The molecule has 4 rings (SSSR count). The van der Waals surface area contributed by atoms with E-state index in [1.807, 2.05) is 44.4 Å². The zero-order valence-electron chi connectivity index (χ0n) is 18.5. The fourth-order valence-corrected chi connectivity index (χ4v) is 4.38. The van der Waals surface area contributed by atoms with Gasteiger partial charge in [0.05, 0.1) is 18.6 Å². The van der Waals surface area contributed by atoms with Gasteiger partial charge in [-0.2, -0.15) is 4.98 Å². The lowest BCUT2D eigenvalue weighted by Gasteiger charge is -2.36. The lowest BCUT2D eigenvalue weighted by atomic mass is 10.1. The van der Waals surface area contributed by atoms with E-state index in [9.17, 15) is 4.79 Å². The molecule has 31 heavy (non-hydrogen) atoms. The second kappa shape index (κ2) is 8.84. The normalized spacial score (nSPS) is 19.1. The molecule has 1 aromatic carbocycles. The first-order valence-corrected chi connectivity index (χ1v) is 11.6. The number of anilines is 2. The van der Waals surface area contributed by atoms with Crippen molar-refractivity contribution in [3.05, 3.63) is 41.2 Å². The second-order valence-electron chi connectivity index (χ2n) is 8.01. The largest absolute Gasteiger partial charge is 0.372 e. The molecule has 3 aromatic rings. The predicted molar refractivity (Wildman–Crippen MR) is 123 cm³/mol. The van der Waals surface area contributed by atoms with Gasteiger partial charge in [0.15, 0.2) is 0 Å². The minimum absolute atomic E-state index is 0.0843. The van der Waals surface area contributed by atoms with Gasteiger partial charge in [0.25, 0.3) is 5.78 Å². The Morgan fingerprint density at radius 1 is 1.16 bits per heavy atom. The van der Waals surface area contributed by atoms with Gasteiger partial charge in [-0.1, -0.05) is 11.8 Å². The Balaban J connectivity index is 1.45. The van der Waals surface area contributed by atoms with E-state index in [0.717, 1.165) is 41.4 Å². The van der Waals surface area contributed by atoms with Crippen molar-refractivity contribution >= 4 is 34.8 Å². The van der Waals surface area contributed by atoms with Gasteiger partial charge in [0.1, 0.15) is 0 Å². The van der Waals surface area contributed by atoms with Gasteiger partial charge < -0.3 is 15.0 Å². The van der Waals surface area contributed by atoms with Gasteiger partial charge in [-0.3, -0.25) is 4.79 Å². The summed E-state index contributed by atoms with van der Waals surface area (Å²) in [5, 5.41) is 8.11. The standard InChI is InChI=1S/C22H28N6O2S/c1-13-11-27(12-14(2)30-13)18-8-6-17(7-9-18)24-20(29)10-19-15(3)23-21-25-22(31-5)26-28(21)16(19)4/h6-9,13-14H,10-12H2,1-5H3,(H,24,29)/t13-,14-/m0/s1. The monoisotopic (exact) mass is 440 g/mol. The average Bonchev–Trinajstić information content (AvgIpc) is 3.14. The van der Waals surface area contributed by atoms with Crippen LogP contribution in [0.1, 0.15) is 30.8 Å². The van der Waals surface area contributed by atoms with Crippen LogP contribution >= 0.6 is 11.8 Å². The summed E-state index contributed by atoms with van der Waals surface area (Å²) >= 11 is 1.47. The topological polar surface area (TPSA) is 84.7 Å². The zero-order valence-corrected chi connectivity index (χ0v) is 19.4. The molecule has 0 saturated carbocycles. The Kier molecular flexibility index (Phi) is 6.15. The Bertz CT molecular complexity index is 1090. The number of carbonyl (C=O) groups excluding carboxylic acids is 1. The van der Waals surface area contributed by atoms with Crippen LogP contribution in [0.3, 0.4) is 0 Å². The number of nitrogens with one attached hydrogen (secondary N) is 1.